The van der Waals surface area contributed by atoms with Crippen LogP contribution in [0.15, 0.2) is 29.2 Å². The van der Waals surface area contributed by atoms with Crippen LogP contribution in [0.3, 0.4) is 0 Å². The van der Waals surface area contributed by atoms with Crippen molar-refractivity contribution in [1.82, 2.24) is 4.31 Å². The Morgan fingerprint density at radius 3 is 2.09 bits per heavy atom. The molecular formula is C16H23NO4S. The molecule has 0 heterocycles. The minimum absolute atomic E-state index is 0.0137. The van der Waals surface area contributed by atoms with Crippen LogP contribution in [-0.2, 0) is 14.8 Å². The van der Waals surface area contributed by atoms with Gasteiger partial charge in [-0.15, -0.1) is 0 Å². The Morgan fingerprint density at radius 2 is 1.59 bits per heavy atom. The first kappa shape index (κ1) is 17.0. The molecule has 2 rings (SSSR count). The average Bonchev–Trinajstić information content (AvgIpc) is 2.76. The van der Waals surface area contributed by atoms with Gasteiger partial charge in [-0.05, 0) is 49.9 Å². The maximum Gasteiger partial charge on any atom is 0.338 e. The number of ether oxygens (including phenoxy) is 1. The predicted octanol–water partition coefficient (Wildman–Crippen LogP) is 2.82. The molecule has 1 aromatic carbocycles. The lowest BCUT2D eigenvalue weighted by molar-refractivity contribution is 0.0267. The van der Waals surface area contributed by atoms with Crippen molar-refractivity contribution in [3.63, 3.8) is 0 Å². The third kappa shape index (κ3) is 4.08. The normalized spacial score (nSPS) is 17.2. The Hall–Kier alpha value is -1.40. The van der Waals surface area contributed by atoms with Crippen LogP contribution in [0.25, 0.3) is 0 Å². The van der Waals surface area contributed by atoms with E-state index in [1.54, 1.807) is 0 Å². The molecule has 0 aromatic heterocycles. The summed E-state index contributed by atoms with van der Waals surface area (Å²) in [4.78, 5) is 12.3. The first-order chi connectivity index (χ1) is 10.4. The highest BCUT2D eigenvalue weighted by Crippen LogP contribution is 2.21. The van der Waals surface area contributed by atoms with Crippen molar-refractivity contribution < 1.29 is 17.9 Å². The molecule has 0 saturated heterocycles. The summed E-state index contributed by atoms with van der Waals surface area (Å²) >= 11 is 0. The van der Waals surface area contributed by atoms with Gasteiger partial charge in [0.1, 0.15) is 6.10 Å². The second-order valence-corrected chi connectivity index (χ2v) is 7.98. The standard InChI is InChI=1S/C16H23NO4S/c1-17(2)22(19,20)15-11-9-13(10-12-15)16(18)21-14-7-5-3-4-6-8-14/h9-12,14H,3-8H2,1-2H3. The van der Waals surface area contributed by atoms with Crippen molar-refractivity contribution >= 4 is 16.0 Å². The molecule has 6 heteroatoms. The number of carbonyl (C=O) groups is 1. The molecule has 5 nitrogen and oxygen atoms in total. The quantitative estimate of drug-likeness (QED) is 0.631. The topological polar surface area (TPSA) is 63.7 Å². The maximum atomic E-state index is 12.1. The molecule has 122 valence electrons. The lowest BCUT2D eigenvalue weighted by Crippen LogP contribution is -2.22. The van der Waals surface area contributed by atoms with Crippen LogP contribution < -0.4 is 0 Å². The molecule has 0 bridgehead atoms. The van der Waals surface area contributed by atoms with Crippen molar-refractivity contribution in [3.05, 3.63) is 29.8 Å². The zero-order valence-electron chi connectivity index (χ0n) is 13.1. The van der Waals surface area contributed by atoms with Crippen LogP contribution in [0.5, 0.6) is 0 Å². The monoisotopic (exact) mass is 325 g/mol. The maximum absolute atomic E-state index is 12.1. The summed E-state index contributed by atoms with van der Waals surface area (Å²) in [6.07, 6.45) is 6.41. The fraction of sp³-hybridized carbons (Fsp3) is 0.562. The van der Waals surface area contributed by atoms with Crippen molar-refractivity contribution in [2.45, 2.75) is 49.5 Å². The SMILES string of the molecule is CN(C)S(=O)(=O)c1ccc(C(=O)OC2CCCCCC2)cc1. The van der Waals surface area contributed by atoms with Gasteiger partial charge < -0.3 is 4.74 Å². The average molecular weight is 325 g/mol. The highest BCUT2D eigenvalue weighted by atomic mass is 32.2. The summed E-state index contributed by atoms with van der Waals surface area (Å²) in [7, 11) is -0.519. The van der Waals surface area contributed by atoms with Crippen molar-refractivity contribution in [1.29, 1.82) is 0 Å². The molecular weight excluding hydrogens is 302 g/mol. The van der Waals surface area contributed by atoms with Gasteiger partial charge in [0.2, 0.25) is 10.0 Å². The minimum Gasteiger partial charge on any atom is -0.459 e. The van der Waals surface area contributed by atoms with Crippen molar-refractivity contribution in [2.75, 3.05) is 14.1 Å². The van der Waals surface area contributed by atoms with Gasteiger partial charge >= 0.3 is 5.97 Å². The van der Waals surface area contributed by atoms with E-state index in [1.165, 1.54) is 51.2 Å². The van der Waals surface area contributed by atoms with Crippen LogP contribution in [0.1, 0.15) is 48.9 Å². The van der Waals surface area contributed by atoms with Crippen LogP contribution in [0.2, 0.25) is 0 Å². The summed E-state index contributed by atoms with van der Waals surface area (Å²) < 4.78 is 30.6. The number of benzene rings is 1. The van der Waals surface area contributed by atoms with E-state index in [9.17, 15) is 13.2 Å². The van der Waals surface area contributed by atoms with E-state index in [4.69, 9.17) is 4.74 Å². The Kier molecular flexibility index (Phi) is 5.58. The number of carbonyl (C=O) groups excluding carboxylic acids is 1. The van der Waals surface area contributed by atoms with E-state index < -0.39 is 10.0 Å². The van der Waals surface area contributed by atoms with Gasteiger partial charge in [0, 0.05) is 14.1 Å². The van der Waals surface area contributed by atoms with E-state index in [2.05, 4.69) is 0 Å². The van der Waals surface area contributed by atoms with Crippen LogP contribution in [0, 0.1) is 0 Å². The summed E-state index contributed by atoms with van der Waals surface area (Å²) in [5, 5.41) is 0. The molecule has 0 amide bonds. The van der Waals surface area contributed by atoms with Crippen LogP contribution >= 0.6 is 0 Å². The minimum atomic E-state index is -3.47. The van der Waals surface area contributed by atoms with Gasteiger partial charge in [-0.25, -0.2) is 17.5 Å². The third-order valence-corrected chi connectivity index (χ3v) is 5.77. The first-order valence-electron chi connectivity index (χ1n) is 7.65. The predicted molar refractivity (Wildman–Crippen MR) is 84.2 cm³/mol. The third-order valence-electron chi connectivity index (χ3n) is 3.94. The number of sulfonamides is 1. The summed E-state index contributed by atoms with van der Waals surface area (Å²) in [5.41, 5.74) is 0.391. The van der Waals surface area contributed by atoms with Crippen molar-refractivity contribution in [3.8, 4) is 0 Å². The lowest BCUT2D eigenvalue weighted by atomic mass is 10.1. The summed E-state index contributed by atoms with van der Waals surface area (Å²) in [6, 6.07) is 5.91. The molecule has 0 N–H and O–H groups in total. The van der Waals surface area contributed by atoms with Gasteiger partial charge in [-0.1, -0.05) is 12.8 Å². The van der Waals surface area contributed by atoms with Gasteiger partial charge in [-0.2, -0.15) is 0 Å². The Bertz CT molecular complexity index is 600. The van der Waals surface area contributed by atoms with Gasteiger partial charge in [0.25, 0.3) is 0 Å². The highest BCUT2D eigenvalue weighted by molar-refractivity contribution is 7.89. The molecule has 1 aliphatic rings. The molecule has 1 fully saturated rings. The van der Waals surface area contributed by atoms with Gasteiger partial charge in [-0.3, -0.25) is 0 Å². The second kappa shape index (κ2) is 7.24. The molecule has 1 aliphatic carbocycles. The zero-order chi connectivity index (χ0) is 16.2. The Balaban J connectivity index is 2.05. The van der Waals surface area contributed by atoms with E-state index >= 15 is 0 Å². The molecule has 0 radical (unpaired) electrons. The number of rotatable bonds is 4. The number of hydrogen-bond acceptors (Lipinski definition) is 4. The molecule has 1 aromatic rings. The van der Waals surface area contributed by atoms with E-state index in [-0.39, 0.29) is 17.0 Å². The largest absolute Gasteiger partial charge is 0.459 e. The van der Waals surface area contributed by atoms with Crippen LogP contribution in [0.4, 0.5) is 0 Å². The lowest BCUT2D eigenvalue weighted by Gasteiger charge is -2.16. The molecule has 0 spiro atoms. The Morgan fingerprint density at radius 1 is 1.05 bits per heavy atom. The van der Waals surface area contributed by atoms with Crippen LogP contribution in [-0.4, -0.2) is 38.9 Å². The molecule has 0 unspecified atom stereocenters. The second-order valence-electron chi connectivity index (χ2n) is 5.83. The van der Waals surface area contributed by atoms with E-state index in [0.717, 1.165) is 30.0 Å². The fourth-order valence-electron chi connectivity index (χ4n) is 2.55. The summed E-state index contributed by atoms with van der Waals surface area (Å²) in [5.74, 6) is -0.374. The molecule has 22 heavy (non-hydrogen) atoms. The fourth-order valence-corrected chi connectivity index (χ4v) is 3.45. The van der Waals surface area contributed by atoms with E-state index in [0.29, 0.717) is 5.56 Å². The molecule has 0 atom stereocenters. The smallest absolute Gasteiger partial charge is 0.338 e. The van der Waals surface area contributed by atoms with Gasteiger partial charge in [0.05, 0.1) is 10.5 Å². The molecule has 1 saturated carbocycles. The zero-order valence-corrected chi connectivity index (χ0v) is 13.9. The molecule has 0 aliphatic heterocycles. The van der Waals surface area contributed by atoms with E-state index in [1.807, 2.05) is 0 Å². The first-order valence-corrected chi connectivity index (χ1v) is 9.09. The van der Waals surface area contributed by atoms with Gasteiger partial charge in [0.15, 0.2) is 0 Å². The number of esters is 1. The van der Waals surface area contributed by atoms with Crippen molar-refractivity contribution in [2.24, 2.45) is 0 Å². The highest BCUT2D eigenvalue weighted by Gasteiger charge is 2.20. The number of hydrogen-bond donors (Lipinski definition) is 0. The number of nitrogens with zero attached hydrogens (tertiary/aromatic N) is 1. The Labute approximate surface area is 132 Å². The summed E-state index contributed by atoms with van der Waals surface area (Å²) in [6.45, 7) is 0.